The van der Waals surface area contributed by atoms with Crippen molar-refractivity contribution < 1.29 is 0 Å². The molecule has 0 spiro atoms. The summed E-state index contributed by atoms with van der Waals surface area (Å²) in [6.07, 6.45) is 10.0. The molecule has 10 heavy (non-hydrogen) atoms. The van der Waals surface area contributed by atoms with Crippen molar-refractivity contribution >= 4 is 12.6 Å². The molecule has 0 aromatic carbocycles. The molecular weight excluding hydrogens is 140 g/mol. The number of hydrogen-bond donors (Lipinski definition) is 0. The molecule has 1 rings (SSSR count). The van der Waals surface area contributed by atoms with E-state index in [1.807, 2.05) is 0 Å². The second kappa shape index (κ2) is 5.06. The van der Waals surface area contributed by atoms with E-state index in [1.54, 1.807) is 0 Å². The smallest absolute Gasteiger partial charge is 0.00653 e. The van der Waals surface area contributed by atoms with Crippen LogP contribution in [-0.2, 0) is 0 Å². The van der Waals surface area contributed by atoms with Crippen molar-refractivity contribution in [2.45, 2.75) is 44.9 Å². The van der Waals surface area contributed by atoms with E-state index < -0.39 is 0 Å². The lowest BCUT2D eigenvalue weighted by Gasteiger charge is -2.16. The molecule has 0 aliphatic heterocycles. The van der Waals surface area contributed by atoms with Gasteiger partial charge in [0.25, 0.3) is 0 Å². The summed E-state index contributed by atoms with van der Waals surface area (Å²) in [5.41, 5.74) is 0. The van der Waals surface area contributed by atoms with Gasteiger partial charge in [0.1, 0.15) is 0 Å². The maximum atomic E-state index is 5.08. The first-order chi connectivity index (χ1) is 4.93. The highest BCUT2D eigenvalue weighted by molar-refractivity contribution is 7.80. The lowest BCUT2D eigenvalue weighted by molar-refractivity contribution is 0.410. The van der Waals surface area contributed by atoms with Gasteiger partial charge in [0.2, 0.25) is 0 Å². The molecule has 1 heteroatoms. The summed E-state index contributed by atoms with van der Waals surface area (Å²) in [7, 11) is 0. The monoisotopic (exact) mass is 157 g/mol. The van der Waals surface area contributed by atoms with Crippen LogP contribution in [0.4, 0.5) is 0 Å². The van der Waals surface area contributed by atoms with E-state index in [0.29, 0.717) is 0 Å². The quantitative estimate of drug-likeness (QED) is 0.546. The Balaban J connectivity index is 2.16. The normalized spacial score (nSPS) is 23.7. The minimum Gasteiger partial charge on any atom is -0.0939 e. The summed E-state index contributed by atoms with van der Waals surface area (Å²) < 4.78 is 0. The molecule has 0 N–H and O–H groups in total. The summed E-state index contributed by atoms with van der Waals surface area (Å²) >= 11 is 5.08. The molecule has 1 radical (unpaired) electrons. The van der Waals surface area contributed by atoms with Gasteiger partial charge >= 0.3 is 0 Å². The molecule has 0 aromatic rings. The maximum absolute atomic E-state index is 5.08. The molecule has 1 saturated carbocycles. The highest BCUT2D eigenvalue weighted by atomic mass is 32.1. The van der Waals surface area contributed by atoms with Crippen molar-refractivity contribution in [3.63, 3.8) is 0 Å². The SMILES string of the molecule is [S]CC1CCCCCCC1. The Hall–Kier alpha value is 0.350. The Morgan fingerprint density at radius 3 is 1.90 bits per heavy atom. The highest BCUT2D eigenvalue weighted by Gasteiger charge is 2.08. The first kappa shape index (κ1) is 8.45. The molecule has 1 aliphatic rings. The van der Waals surface area contributed by atoms with Crippen molar-refractivity contribution in [2.24, 2.45) is 5.92 Å². The zero-order valence-corrected chi connectivity index (χ0v) is 7.46. The van der Waals surface area contributed by atoms with Crippen LogP contribution < -0.4 is 0 Å². The van der Waals surface area contributed by atoms with Crippen molar-refractivity contribution in [1.29, 1.82) is 0 Å². The zero-order chi connectivity index (χ0) is 7.23. The molecule has 0 aromatic heterocycles. The average molecular weight is 157 g/mol. The fourth-order valence-electron chi connectivity index (χ4n) is 1.71. The average Bonchev–Trinajstić information content (AvgIpc) is 1.87. The highest BCUT2D eigenvalue weighted by Crippen LogP contribution is 2.22. The van der Waals surface area contributed by atoms with Crippen LogP contribution in [0.2, 0.25) is 0 Å². The predicted molar refractivity (Wildman–Crippen MR) is 48.3 cm³/mol. The summed E-state index contributed by atoms with van der Waals surface area (Å²) in [4.78, 5) is 0. The van der Waals surface area contributed by atoms with Gasteiger partial charge < -0.3 is 0 Å². The fourth-order valence-corrected chi connectivity index (χ4v) is 2.04. The molecule has 0 nitrogen and oxygen atoms in total. The Morgan fingerprint density at radius 1 is 0.900 bits per heavy atom. The van der Waals surface area contributed by atoms with Crippen molar-refractivity contribution in [3.8, 4) is 0 Å². The third-order valence-electron chi connectivity index (χ3n) is 2.46. The first-order valence-electron chi connectivity index (χ1n) is 4.51. The molecule has 0 amide bonds. The van der Waals surface area contributed by atoms with Gasteiger partial charge in [0, 0.05) is 5.75 Å². The van der Waals surface area contributed by atoms with Crippen LogP contribution in [0.25, 0.3) is 0 Å². The molecule has 0 heterocycles. The van der Waals surface area contributed by atoms with Crippen LogP contribution in [0.5, 0.6) is 0 Å². The van der Waals surface area contributed by atoms with Gasteiger partial charge in [-0.3, -0.25) is 0 Å². The summed E-state index contributed by atoms with van der Waals surface area (Å²) in [6, 6.07) is 0. The van der Waals surface area contributed by atoms with E-state index >= 15 is 0 Å². The van der Waals surface area contributed by atoms with E-state index in [4.69, 9.17) is 12.6 Å². The Morgan fingerprint density at radius 2 is 1.40 bits per heavy atom. The Bertz CT molecular complexity index is 72.8. The molecule has 0 atom stereocenters. The van der Waals surface area contributed by atoms with Crippen LogP contribution in [0, 0.1) is 5.92 Å². The van der Waals surface area contributed by atoms with Gasteiger partial charge in [0.05, 0.1) is 0 Å². The van der Waals surface area contributed by atoms with Crippen LogP contribution in [0.15, 0.2) is 0 Å². The predicted octanol–water partition coefficient (Wildman–Crippen LogP) is 3.54. The van der Waals surface area contributed by atoms with Crippen LogP contribution >= 0.6 is 12.6 Å². The lowest BCUT2D eigenvalue weighted by Crippen LogP contribution is -2.04. The van der Waals surface area contributed by atoms with Crippen molar-refractivity contribution in [3.05, 3.63) is 0 Å². The molecule has 1 fully saturated rings. The van der Waals surface area contributed by atoms with E-state index in [1.165, 1.54) is 44.9 Å². The molecular formula is C9H17S. The Labute approximate surface area is 69.8 Å². The molecule has 0 saturated heterocycles. The Kier molecular flexibility index (Phi) is 4.27. The van der Waals surface area contributed by atoms with Crippen LogP contribution in [-0.4, -0.2) is 5.75 Å². The minimum atomic E-state index is 0.885. The second-order valence-electron chi connectivity index (χ2n) is 3.38. The summed E-state index contributed by atoms with van der Waals surface area (Å²) in [5, 5.41) is 0. The number of rotatable bonds is 1. The van der Waals surface area contributed by atoms with Gasteiger partial charge in [0.15, 0.2) is 0 Å². The second-order valence-corrected chi connectivity index (χ2v) is 3.71. The summed E-state index contributed by atoms with van der Waals surface area (Å²) in [6.45, 7) is 0. The van der Waals surface area contributed by atoms with Crippen LogP contribution in [0.3, 0.4) is 0 Å². The van der Waals surface area contributed by atoms with Crippen molar-refractivity contribution in [2.75, 3.05) is 5.75 Å². The van der Waals surface area contributed by atoms with E-state index in [-0.39, 0.29) is 0 Å². The largest absolute Gasteiger partial charge is 0.0939 e. The summed E-state index contributed by atoms with van der Waals surface area (Å²) in [5.74, 6) is 1.88. The third-order valence-corrected chi connectivity index (χ3v) is 2.93. The minimum absolute atomic E-state index is 0.885. The van der Waals surface area contributed by atoms with E-state index in [9.17, 15) is 0 Å². The molecule has 1 aliphatic carbocycles. The zero-order valence-electron chi connectivity index (χ0n) is 6.64. The maximum Gasteiger partial charge on any atom is 0.00653 e. The molecule has 59 valence electrons. The lowest BCUT2D eigenvalue weighted by atomic mass is 9.93. The van der Waals surface area contributed by atoms with Gasteiger partial charge in [-0.1, -0.05) is 44.7 Å². The molecule has 0 bridgehead atoms. The standard InChI is InChI=1S/C9H17S/c10-8-9-6-4-2-1-3-5-7-9/h9H,1-8H2. The van der Waals surface area contributed by atoms with Crippen molar-refractivity contribution in [1.82, 2.24) is 0 Å². The van der Waals surface area contributed by atoms with Gasteiger partial charge in [-0.05, 0) is 18.8 Å². The van der Waals surface area contributed by atoms with Gasteiger partial charge in [-0.2, -0.15) is 0 Å². The van der Waals surface area contributed by atoms with Gasteiger partial charge in [-0.15, -0.1) is 0 Å². The third kappa shape index (κ3) is 2.96. The molecule has 0 unspecified atom stereocenters. The van der Waals surface area contributed by atoms with E-state index in [0.717, 1.165) is 11.7 Å². The van der Waals surface area contributed by atoms with Gasteiger partial charge in [-0.25, -0.2) is 0 Å². The number of hydrogen-bond acceptors (Lipinski definition) is 0. The first-order valence-corrected chi connectivity index (χ1v) is 5.09. The van der Waals surface area contributed by atoms with E-state index in [2.05, 4.69) is 0 Å². The van der Waals surface area contributed by atoms with Crippen LogP contribution in [0.1, 0.15) is 44.9 Å². The topological polar surface area (TPSA) is 0 Å². The fraction of sp³-hybridized carbons (Fsp3) is 1.00.